The van der Waals surface area contributed by atoms with E-state index in [0.29, 0.717) is 5.92 Å². The Morgan fingerprint density at radius 1 is 1.56 bits per heavy atom. The smallest absolute Gasteiger partial charge is 0.137 e. The predicted molar refractivity (Wildman–Crippen MR) is 70.6 cm³/mol. The second kappa shape index (κ2) is 6.71. The summed E-state index contributed by atoms with van der Waals surface area (Å²) in [4.78, 5) is 4.38. The topological polar surface area (TPSA) is 57.4 Å². The van der Waals surface area contributed by atoms with Crippen LogP contribution in [0.1, 0.15) is 25.5 Å². The van der Waals surface area contributed by atoms with Gasteiger partial charge >= 0.3 is 0 Å². The molecule has 1 aromatic rings. The molecule has 2 N–H and O–H groups in total. The van der Waals surface area contributed by atoms with Gasteiger partial charge in [0, 0.05) is 30.7 Å². The van der Waals surface area contributed by atoms with E-state index in [2.05, 4.69) is 11.9 Å². The summed E-state index contributed by atoms with van der Waals surface area (Å²) >= 11 is 0. The van der Waals surface area contributed by atoms with Crippen molar-refractivity contribution in [2.24, 2.45) is 11.7 Å². The first-order valence-corrected chi connectivity index (χ1v) is 6.69. The molecular formula is C14H22N2O2. The first-order chi connectivity index (χ1) is 8.78. The minimum atomic E-state index is 0.194. The molecular weight excluding hydrogens is 228 g/mol. The largest absolute Gasteiger partial charge is 0.492 e. The number of ether oxygens (including phenoxy) is 2. The Morgan fingerprint density at radius 3 is 3.06 bits per heavy atom. The van der Waals surface area contributed by atoms with Crippen molar-refractivity contribution < 1.29 is 9.47 Å². The molecule has 1 aromatic heterocycles. The van der Waals surface area contributed by atoms with E-state index in [1.165, 1.54) is 0 Å². The normalized spacial score (nSPS) is 20.9. The van der Waals surface area contributed by atoms with Crippen molar-refractivity contribution in [3.8, 4) is 5.75 Å². The average molecular weight is 250 g/mol. The summed E-state index contributed by atoms with van der Waals surface area (Å²) in [7, 11) is 0. The third-order valence-electron chi connectivity index (χ3n) is 3.30. The number of nitrogens with zero attached hydrogens (tertiary/aromatic N) is 1. The van der Waals surface area contributed by atoms with Gasteiger partial charge in [-0.25, -0.2) is 0 Å². The fraction of sp³-hybridized carbons (Fsp3) is 0.643. The monoisotopic (exact) mass is 250 g/mol. The highest BCUT2D eigenvalue weighted by atomic mass is 16.5. The zero-order valence-corrected chi connectivity index (χ0v) is 11.0. The van der Waals surface area contributed by atoms with Crippen LogP contribution in [0.15, 0.2) is 18.3 Å². The minimum Gasteiger partial charge on any atom is -0.492 e. The molecule has 2 atom stereocenters. The minimum absolute atomic E-state index is 0.194. The number of hydrogen-bond acceptors (Lipinski definition) is 4. The molecule has 2 unspecified atom stereocenters. The van der Waals surface area contributed by atoms with Gasteiger partial charge in [-0.05, 0) is 25.0 Å². The van der Waals surface area contributed by atoms with Crippen LogP contribution in [0.3, 0.4) is 0 Å². The fourth-order valence-corrected chi connectivity index (χ4v) is 1.96. The molecule has 0 bridgehead atoms. The maximum atomic E-state index is 5.90. The van der Waals surface area contributed by atoms with Gasteiger partial charge in [0.05, 0.1) is 19.4 Å². The SMILES string of the molecule is CCC(N)Cc1ccc(OCC2CCOC2)cn1. The molecule has 0 spiro atoms. The Morgan fingerprint density at radius 2 is 2.44 bits per heavy atom. The summed E-state index contributed by atoms with van der Waals surface area (Å²) in [6.45, 7) is 4.48. The van der Waals surface area contributed by atoms with Gasteiger partial charge < -0.3 is 15.2 Å². The van der Waals surface area contributed by atoms with E-state index < -0.39 is 0 Å². The summed E-state index contributed by atoms with van der Waals surface area (Å²) in [5.41, 5.74) is 6.93. The van der Waals surface area contributed by atoms with Crippen molar-refractivity contribution >= 4 is 0 Å². The van der Waals surface area contributed by atoms with Crippen molar-refractivity contribution in [2.45, 2.75) is 32.2 Å². The zero-order chi connectivity index (χ0) is 12.8. The van der Waals surface area contributed by atoms with E-state index >= 15 is 0 Å². The highest BCUT2D eigenvalue weighted by Crippen LogP contribution is 2.16. The number of rotatable bonds is 6. The van der Waals surface area contributed by atoms with Gasteiger partial charge in [-0.2, -0.15) is 0 Å². The van der Waals surface area contributed by atoms with Crippen LogP contribution in [0.2, 0.25) is 0 Å². The van der Waals surface area contributed by atoms with Crippen LogP contribution in [0.4, 0.5) is 0 Å². The van der Waals surface area contributed by atoms with E-state index in [1.54, 1.807) is 6.20 Å². The van der Waals surface area contributed by atoms with Crippen LogP contribution >= 0.6 is 0 Å². The molecule has 4 nitrogen and oxygen atoms in total. The molecule has 1 aliphatic rings. The lowest BCUT2D eigenvalue weighted by Gasteiger charge is -2.11. The van der Waals surface area contributed by atoms with Crippen LogP contribution in [0, 0.1) is 5.92 Å². The van der Waals surface area contributed by atoms with Crippen LogP contribution in [-0.2, 0) is 11.2 Å². The van der Waals surface area contributed by atoms with Crippen molar-refractivity contribution in [2.75, 3.05) is 19.8 Å². The Hall–Kier alpha value is -1.13. The van der Waals surface area contributed by atoms with Gasteiger partial charge in [0.2, 0.25) is 0 Å². The number of pyridine rings is 1. The van der Waals surface area contributed by atoms with E-state index in [-0.39, 0.29) is 6.04 Å². The van der Waals surface area contributed by atoms with E-state index in [4.69, 9.17) is 15.2 Å². The lowest BCUT2D eigenvalue weighted by Crippen LogP contribution is -2.21. The van der Waals surface area contributed by atoms with Gasteiger partial charge in [0.1, 0.15) is 5.75 Å². The number of hydrogen-bond donors (Lipinski definition) is 1. The molecule has 2 rings (SSSR count). The van der Waals surface area contributed by atoms with Crippen LogP contribution < -0.4 is 10.5 Å². The van der Waals surface area contributed by atoms with Gasteiger partial charge in [-0.3, -0.25) is 4.98 Å². The highest BCUT2D eigenvalue weighted by molar-refractivity contribution is 5.20. The molecule has 1 saturated heterocycles. The van der Waals surface area contributed by atoms with E-state index in [9.17, 15) is 0 Å². The zero-order valence-electron chi connectivity index (χ0n) is 11.0. The summed E-state index contributed by atoms with van der Waals surface area (Å²) in [5.74, 6) is 1.36. The third-order valence-corrected chi connectivity index (χ3v) is 3.30. The second-order valence-electron chi connectivity index (χ2n) is 4.90. The molecule has 100 valence electrons. The van der Waals surface area contributed by atoms with Crippen molar-refractivity contribution in [1.82, 2.24) is 4.98 Å². The molecule has 0 saturated carbocycles. The maximum Gasteiger partial charge on any atom is 0.137 e. The van der Waals surface area contributed by atoms with Crippen LogP contribution in [-0.4, -0.2) is 30.8 Å². The molecule has 0 amide bonds. The Balaban J connectivity index is 1.79. The van der Waals surface area contributed by atoms with Gasteiger partial charge in [-0.1, -0.05) is 6.92 Å². The summed E-state index contributed by atoms with van der Waals surface area (Å²) in [5, 5.41) is 0. The van der Waals surface area contributed by atoms with E-state index in [0.717, 1.165) is 50.5 Å². The summed E-state index contributed by atoms with van der Waals surface area (Å²) < 4.78 is 11.0. The van der Waals surface area contributed by atoms with E-state index in [1.807, 2.05) is 12.1 Å². The average Bonchev–Trinajstić information content (AvgIpc) is 2.91. The standard InChI is InChI=1S/C14H22N2O2/c1-2-12(15)7-13-3-4-14(8-16-13)18-10-11-5-6-17-9-11/h3-4,8,11-12H,2,5-7,9-10,15H2,1H3. The predicted octanol–water partition coefficient (Wildman–Crippen LogP) is 1.78. The van der Waals surface area contributed by atoms with Crippen LogP contribution in [0.25, 0.3) is 0 Å². The quantitative estimate of drug-likeness (QED) is 0.836. The second-order valence-corrected chi connectivity index (χ2v) is 4.90. The molecule has 4 heteroatoms. The lowest BCUT2D eigenvalue weighted by atomic mass is 10.1. The first kappa shape index (κ1) is 13.3. The Labute approximate surface area is 108 Å². The molecule has 0 aliphatic carbocycles. The number of nitrogens with two attached hydrogens (primary N) is 1. The fourth-order valence-electron chi connectivity index (χ4n) is 1.96. The molecule has 1 fully saturated rings. The number of aromatic nitrogens is 1. The van der Waals surface area contributed by atoms with Gasteiger partial charge in [0.15, 0.2) is 0 Å². The third kappa shape index (κ3) is 3.96. The summed E-state index contributed by atoms with van der Waals surface area (Å²) in [6, 6.07) is 4.16. The Kier molecular flexibility index (Phi) is 4.96. The molecule has 18 heavy (non-hydrogen) atoms. The molecule has 0 aromatic carbocycles. The highest BCUT2D eigenvalue weighted by Gasteiger charge is 2.16. The van der Waals surface area contributed by atoms with Gasteiger partial charge in [0.25, 0.3) is 0 Å². The molecule has 0 radical (unpaired) electrons. The molecule has 1 aliphatic heterocycles. The van der Waals surface area contributed by atoms with Crippen molar-refractivity contribution in [1.29, 1.82) is 0 Å². The molecule has 2 heterocycles. The van der Waals surface area contributed by atoms with Crippen molar-refractivity contribution in [3.63, 3.8) is 0 Å². The Bertz CT molecular complexity index is 347. The first-order valence-electron chi connectivity index (χ1n) is 6.69. The summed E-state index contributed by atoms with van der Waals surface area (Å²) in [6.07, 6.45) is 4.68. The lowest BCUT2D eigenvalue weighted by molar-refractivity contribution is 0.167. The maximum absolute atomic E-state index is 5.90. The van der Waals surface area contributed by atoms with Crippen molar-refractivity contribution in [3.05, 3.63) is 24.0 Å². The van der Waals surface area contributed by atoms with Crippen LogP contribution in [0.5, 0.6) is 5.75 Å². The van der Waals surface area contributed by atoms with Gasteiger partial charge in [-0.15, -0.1) is 0 Å².